The van der Waals surface area contributed by atoms with Crippen molar-refractivity contribution in [3.05, 3.63) is 53.7 Å². The third-order valence-electron chi connectivity index (χ3n) is 8.94. The minimum Gasteiger partial charge on any atom is -0.495 e. The minimum absolute atomic E-state index is 0.167. The highest BCUT2D eigenvalue weighted by Gasteiger charge is 2.31. The fourth-order valence-corrected chi connectivity index (χ4v) is 6.54. The summed E-state index contributed by atoms with van der Waals surface area (Å²) >= 11 is 0. The average molecular weight is 626 g/mol. The quantitative estimate of drug-likeness (QED) is 0.258. The second-order valence-electron chi connectivity index (χ2n) is 11.7. The molecule has 2 aliphatic rings. The largest absolute Gasteiger partial charge is 0.495 e. The summed E-state index contributed by atoms with van der Waals surface area (Å²) < 4.78 is 53.2. The SMILES string of the molecule is CNC(=O)c1ccc(NCC#Cc2cc3c(N[C@H]4CC[C@H](N5CCC(OC)CC5)CC4)cccc3n2CC(F)(F)F)c(OC)c1. The highest BCUT2D eigenvalue weighted by molar-refractivity contribution is 5.95. The van der Waals surface area contributed by atoms with E-state index in [2.05, 4.69) is 32.7 Å². The van der Waals surface area contributed by atoms with E-state index in [1.54, 1.807) is 50.6 Å². The van der Waals surface area contributed by atoms with Gasteiger partial charge in [-0.05, 0) is 80.8 Å². The van der Waals surface area contributed by atoms with Crippen molar-refractivity contribution in [1.82, 2.24) is 14.8 Å². The summed E-state index contributed by atoms with van der Waals surface area (Å²) in [7, 11) is 4.84. The van der Waals surface area contributed by atoms with Gasteiger partial charge < -0.3 is 34.9 Å². The molecule has 0 spiro atoms. The van der Waals surface area contributed by atoms with E-state index in [0.29, 0.717) is 40.4 Å². The molecule has 0 unspecified atom stereocenters. The molecule has 1 aliphatic carbocycles. The van der Waals surface area contributed by atoms with E-state index in [9.17, 15) is 18.0 Å². The first-order chi connectivity index (χ1) is 21.7. The molecule has 1 saturated carbocycles. The van der Waals surface area contributed by atoms with Crippen LogP contribution in [-0.4, -0.2) is 80.6 Å². The van der Waals surface area contributed by atoms with Crippen LogP contribution >= 0.6 is 0 Å². The molecule has 0 bridgehead atoms. The van der Waals surface area contributed by atoms with Gasteiger partial charge in [-0.1, -0.05) is 12.0 Å². The number of piperidine rings is 1. The number of ether oxygens (including phenoxy) is 2. The van der Waals surface area contributed by atoms with Crippen molar-refractivity contribution in [1.29, 1.82) is 0 Å². The Kier molecular flexibility index (Phi) is 10.5. The Morgan fingerprint density at radius 1 is 1.00 bits per heavy atom. The maximum Gasteiger partial charge on any atom is 0.406 e. The van der Waals surface area contributed by atoms with Crippen LogP contribution in [0, 0.1) is 11.8 Å². The third kappa shape index (κ3) is 8.05. The number of anilines is 2. The number of hydrogen-bond acceptors (Lipinski definition) is 6. The number of nitrogens with one attached hydrogen (secondary N) is 3. The van der Waals surface area contributed by atoms with Crippen molar-refractivity contribution in [2.24, 2.45) is 0 Å². The number of likely N-dealkylation sites (tertiary alicyclic amines) is 1. The normalized spacial score (nSPS) is 19.5. The van der Waals surface area contributed by atoms with Crippen molar-refractivity contribution in [3.8, 4) is 17.6 Å². The molecule has 1 amide bonds. The number of carbonyl (C=O) groups is 1. The van der Waals surface area contributed by atoms with Gasteiger partial charge in [0, 0.05) is 56.0 Å². The lowest BCUT2D eigenvalue weighted by Crippen LogP contribution is -2.45. The van der Waals surface area contributed by atoms with Gasteiger partial charge in [0.05, 0.1) is 36.7 Å². The van der Waals surface area contributed by atoms with E-state index in [1.165, 1.54) is 11.7 Å². The van der Waals surface area contributed by atoms with Crippen LogP contribution in [0.25, 0.3) is 10.9 Å². The van der Waals surface area contributed by atoms with Crippen LogP contribution in [0.1, 0.15) is 54.6 Å². The zero-order valence-corrected chi connectivity index (χ0v) is 26.1. The highest BCUT2D eigenvalue weighted by atomic mass is 19.4. The first kappa shape index (κ1) is 32.5. The molecule has 1 aliphatic heterocycles. The first-order valence-electron chi connectivity index (χ1n) is 15.5. The van der Waals surface area contributed by atoms with E-state index in [1.807, 2.05) is 6.07 Å². The molecule has 1 saturated heterocycles. The summed E-state index contributed by atoms with van der Waals surface area (Å²) in [6.45, 7) is 1.19. The molecule has 11 heteroatoms. The van der Waals surface area contributed by atoms with E-state index in [4.69, 9.17) is 9.47 Å². The lowest BCUT2D eigenvalue weighted by molar-refractivity contribution is -0.140. The fourth-order valence-electron chi connectivity index (χ4n) is 6.54. The molecule has 5 rings (SSSR count). The van der Waals surface area contributed by atoms with Crippen LogP contribution in [0.4, 0.5) is 24.5 Å². The van der Waals surface area contributed by atoms with Gasteiger partial charge in [0.1, 0.15) is 12.3 Å². The first-order valence-corrected chi connectivity index (χ1v) is 15.5. The van der Waals surface area contributed by atoms with E-state index in [0.717, 1.165) is 62.7 Å². The molecule has 242 valence electrons. The molecule has 0 atom stereocenters. The Balaban J connectivity index is 1.29. The Bertz CT molecular complexity index is 1530. The van der Waals surface area contributed by atoms with Gasteiger partial charge in [0.25, 0.3) is 5.91 Å². The molecule has 2 fully saturated rings. The maximum absolute atomic E-state index is 13.7. The molecule has 8 nitrogen and oxygen atoms in total. The van der Waals surface area contributed by atoms with Crippen molar-refractivity contribution in [2.45, 2.75) is 69.4 Å². The summed E-state index contributed by atoms with van der Waals surface area (Å²) in [5.74, 6) is 6.14. The second-order valence-corrected chi connectivity index (χ2v) is 11.7. The Hall–Kier alpha value is -3.88. The summed E-state index contributed by atoms with van der Waals surface area (Å²) in [6.07, 6.45) is 2.35. The number of rotatable bonds is 9. The second kappa shape index (κ2) is 14.5. The molecule has 2 heterocycles. The Morgan fingerprint density at radius 3 is 2.42 bits per heavy atom. The van der Waals surface area contributed by atoms with Gasteiger partial charge in [-0.25, -0.2) is 0 Å². The number of aromatic nitrogens is 1. The zero-order chi connectivity index (χ0) is 32.0. The monoisotopic (exact) mass is 625 g/mol. The Morgan fingerprint density at radius 2 is 1.76 bits per heavy atom. The van der Waals surface area contributed by atoms with Crippen molar-refractivity contribution in [3.63, 3.8) is 0 Å². The van der Waals surface area contributed by atoms with Crippen LogP contribution in [0.15, 0.2) is 42.5 Å². The van der Waals surface area contributed by atoms with Gasteiger partial charge in [0.15, 0.2) is 0 Å². The summed E-state index contributed by atoms with van der Waals surface area (Å²) in [5.41, 5.74) is 2.69. The van der Waals surface area contributed by atoms with Gasteiger partial charge in [-0.3, -0.25) is 4.79 Å². The van der Waals surface area contributed by atoms with Crippen molar-refractivity contribution >= 4 is 28.2 Å². The number of amides is 1. The smallest absolute Gasteiger partial charge is 0.406 e. The highest BCUT2D eigenvalue weighted by Crippen LogP contribution is 2.33. The molecule has 3 N–H and O–H groups in total. The topological polar surface area (TPSA) is 79.8 Å². The molecule has 45 heavy (non-hydrogen) atoms. The number of nitrogens with zero attached hydrogens (tertiary/aromatic N) is 2. The summed E-state index contributed by atoms with van der Waals surface area (Å²) in [4.78, 5) is 14.5. The van der Waals surface area contributed by atoms with Gasteiger partial charge in [-0.15, -0.1) is 0 Å². The number of methoxy groups -OCH3 is 2. The number of benzene rings is 2. The Labute approximate surface area is 262 Å². The van der Waals surface area contributed by atoms with Crippen LogP contribution in [0.3, 0.4) is 0 Å². The lowest BCUT2D eigenvalue weighted by Gasteiger charge is -2.40. The van der Waals surface area contributed by atoms with Gasteiger partial charge in [-0.2, -0.15) is 13.2 Å². The zero-order valence-electron chi connectivity index (χ0n) is 26.1. The lowest BCUT2D eigenvalue weighted by atomic mass is 9.88. The van der Waals surface area contributed by atoms with E-state index >= 15 is 0 Å². The van der Waals surface area contributed by atoms with Crippen molar-refractivity contribution < 1.29 is 27.4 Å². The number of hydrogen-bond donors (Lipinski definition) is 3. The molecule has 3 aromatic rings. The average Bonchev–Trinajstić information content (AvgIpc) is 3.39. The number of halogens is 3. The number of carbonyl (C=O) groups excluding carboxylic acids is 1. The van der Waals surface area contributed by atoms with Crippen LogP contribution < -0.4 is 20.7 Å². The summed E-state index contributed by atoms with van der Waals surface area (Å²) in [6, 6.07) is 13.0. The predicted molar refractivity (Wildman–Crippen MR) is 171 cm³/mol. The van der Waals surface area contributed by atoms with Crippen LogP contribution in [0.5, 0.6) is 5.75 Å². The molecular weight excluding hydrogens is 583 g/mol. The molecule has 2 aromatic carbocycles. The summed E-state index contributed by atoms with van der Waals surface area (Å²) in [5, 5.41) is 10.1. The molecule has 0 radical (unpaired) electrons. The standard InChI is InChI=1S/C34H42F3N5O3/c1-38-33(43)23-9-14-30(32(20-23)45-3)39-17-5-6-26-21-28-29(7-4-8-31(28)42(26)22-34(35,36)37)40-24-10-12-25(13-11-24)41-18-15-27(44-2)16-19-41/h4,7-9,14,20-21,24-25,27,39-40H,10-13,15-19,22H2,1-3H3,(H,38,43)/t24-,25-. The van der Waals surface area contributed by atoms with Crippen molar-refractivity contribution in [2.75, 3.05) is 51.5 Å². The van der Waals surface area contributed by atoms with Gasteiger partial charge >= 0.3 is 6.18 Å². The van der Waals surface area contributed by atoms with E-state index < -0.39 is 12.7 Å². The maximum atomic E-state index is 13.7. The number of alkyl halides is 3. The third-order valence-corrected chi connectivity index (χ3v) is 8.94. The minimum atomic E-state index is -4.40. The van der Waals surface area contributed by atoms with Crippen LogP contribution in [0.2, 0.25) is 0 Å². The van der Waals surface area contributed by atoms with Gasteiger partial charge in [0.2, 0.25) is 0 Å². The molecular formula is C34H42F3N5O3. The number of fused-ring (bicyclic) bond motifs is 1. The van der Waals surface area contributed by atoms with E-state index in [-0.39, 0.29) is 18.5 Å². The predicted octanol–water partition coefficient (Wildman–Crippen LogP) is 5.87. The van der Waals surface area contributed by atoms with Crippen LogP contribution in [-0.2, 0) is 11.3 Å². The molecule has 1 aromatic heterocycles. The fraction of sp³-hybridized carbons (Fsp3) is 0.500.